The van der Waals surface area contributed by atoms with E-state index in [2.05, 4.69) is 20.2 Å². The van der Waals surface area contributed by atoms with Gasteiger partial charge in [0, 0.05) is 19.2 Å². The molecule has 0 atom stereocenters. The highest BCUT2D eigenvalue weighted by molar-refractivity contribution is 5.40. The molecule has 3 rings (SSSR count). The molecular formula is C19H25N5O4. The Bertz CT molecular complexity index is 799. The van der Waals surface area contributed by atoms with Crippen molar-refractivity contribution in [2.75, 3.05) is 37.8 Å². The fraction of sp³-hybridized carbons (Fsp3) is 0.474. The molecule has 1 aliphatic rings. The number of hydrogen-bond donors (Lipinski definition) is 2. The minimum absolute atomic E-state index is 0.112. The van der Waals surface area contributed by atoms with E-state index >= 15 is 0 Å². The van der Waals surface area contributed by atoms with Crippen LogP contribution >= 0.6 is 0 Å². The Kier molecular flexibility index (Phi) is 6.37. The molecule has 0 unspecified atom stereocenters. The van der Waals surface area contributed by atoms with Crippen LogP contribution in [-0.2, 0) is 11.3 Å². The third kappa shape index (κ3) is 6.14. The van der Waals surface area contributed by atoms with Crippen LogP contribution in [0.4, 0.5) is 11.6 Å². The lowest BCUT2D eigenvalue weighted by molar-refractivity contribution is 0.0267. The van der Waals surface area contributed by atoms with Crippen molar-refractivity contribution in [1.82, 2.24) is 9.97 Å². The average Bonchev–Trinajstić information content (AvgIpc) is 2.68. The topological polar surface area (TPSA) is 113 Å². The molecule has 1 aromatic heterocycles. The van der Waals surface area contributed by atoms with Gasteiger partial charge in [-0.25, -0.2) is 4.98 Å². The van der Waals surface area contributed by atoms with Crippen molar-refractivity contribution in [2.24, 2.45) is 10.2 Å². The van der Waals surface area contributed by atoms with Gasteiger partial charge in [-0.3, -0.25) is 0 Å². The Morgan fingerprint density at radius 1 is 1.18 bits per heavy atom. The zero-order valence-corrected chi connectivity index (χ0v) is 16.1. The smallest absolute Gasteiger partial charge is 0.229 e. The van der Waals surface area contributed by atoms with Crippen LogP contribution in [0.1, 0.15) is 19.5 Å². The highest BCUT2D eigenvalue weighted by Crippen LogP contribution is 2.20. The molecule has 1 fully saturated rings. The van der Waals surface area contributed by atoms with Gasteiger partial charge >= 0.3 is 0 Å². The molecule has 1 aromatic carbocycles. The minimum Gasteiger partial charge on any atom is -0.508 e. The first-order chi connectivity index (χ1) is 13.4. The molecule has 2 heterocycles. The lowest BCUT2D eigenvalue weighted by Crippen LogP contribution is -2.37. The quantitative estimate of drug-likeness (QED) is 0.702. The number of hydrogen-bond acceptors (Lipinski definition) is 9. The summed E-state index contributed by atoms with van der Waals surface area (Å²) in [7, 11) is 0. The summed E-state index contributed by atoms with van der Waals surface area (Å²) in [5.41, 5.74) is 0.326. The van der Waals surface area contributed by atoms with Gasteiger partial charge < -0.3 is 24.6 Å². The molecule has 2 N–H and O–H groups in total. The summed E-state index contributed by atoms with van der Waals surface area (Å²) in [4.78, 5) is 11.1. The number of morpholine rings is 1. The molecule has 150 valence electrons. The monoisotopic (exact) mass is 387 g/mol. The number of phenols is 1. The van der Waals surface area contributed by atoms with E-state index in [-0.39, 0.29) is 18.9 Å². The largest absolute Gasteiger partial charge is 0.508 e. The Balaban J connectivity index is 1.76. The first kappa shape index (κ1) is 20.0. The number of azo groups is 1. The van der Waals surface area contributed by atoms with E-state index in [1.54, 1.807) is 44.2 Å². The Morgan fingerprint density at radius 3 is 2.57 bits per heavy atom. The zero-order valence-electron chi connectivity index (χ0n) is 16.1. The predicted octanol–water partition coefficient (Wildman–Crippen LogP) is 2.45. The van der Waals surface area contributed by atoms with E-state index in [1.165, 1.54) is 0 Å². The van der Waals surface area contributed by atoms with Crippen LogP contribution in [0.15, 0.2) is 40.6 Å². The van der Waals surface area contributed by atoms with Crippen LogP contribution in [0.3, 0.4) is 0 Å². The van der Waals surface area contributed by atoms with Crippen molar-refractivity contribution in [3.05, 3.63) is 36.0 Å². The molecule has 0 aliphatic carbocycles. The summed E-state index contributed by atoms with van der Waals surface area (Å²) in [6.07, 6.45) is 0. The van der Waals surface area contributed by atoms with Crippen molar-refractivity contribution in [2.45, 2.75) is 26.0 Å². The first-order valence-corrected chi connectivity index (χ1v) is 9.11. The molecule has 28 heavy (non-hydrogen) atoms. The molecule has 9 heteroatoms. The number of nitrogens with zero attached hydrogens (tertiary/aromatic N) is 5. The van der Waals surface area contributed by atoms with Gasteiger partial charge in [-0.05, 0) is 38.1 Å². The number of ether oxygens (including phenoxy) is 2. The number of benzene rings is 1. The van der Waals surface area contributed by atoms with Gasteiger partial charge in [0.25, 0.3) is 0 Å². The van der Waals surface area contributed by atoms with E-state index < -0.39 is 5.60 Å². The van der Waals surface area contributed by atoms with Gasteiger partial charge in [0.05, 0.1) is 30.2 Å². The zero-order chi connectivity index (χ0) is 20.0. The van der Waals surface area contributed by atoms with Gasteiger partial charge in [-0.15, -0.1) is 0 Å². The van der Waals surface area contributed by atoms with Gasteiger partial charge in [0.2, 0.25) is 11.8 Å². The number of aromatic hydroxyl groups is 1. The Labute approximate surface area is 163 Å². The van der Waals surface area contributed by atoms with Crippen molar-refractivity contribution >= 4 is 11.6 Å². The fourth-order valence-electron chi connectivity index (χ4n) is 2.48. The maximum atomic E-state index is 9.91. The van der Waals surface area contributed by atoms with E-state index in [1.807, 2.05) is 4.90 Å². The highest BCUT2D eigenvalue weighted by atomic mass is 16.5. The second-order valence-corrected chi connectivity index (χ2v) is 7.11. The molecule has 0 radical (unpaired) electrons. The number of anilines is 1. The molecule has 1 saturated heterocycles. The van der Waals surface area contributed by atoms with Crippen LogP contribution < -0.4 is 9.64 Å². The SMILES string of the molecule is CC(C)(O)COc1cc(CN=Nc2ccc(O)cc2)nc(N2CCOCC2)n1. The summed E-state index contributed by atoms with van der Waals surface area (Å²) in [5.74, 6) is 1.11. The van der Waals surface area contributed by atoms with Crippen LogP contribution in [0.25, 0.3) is 0 Å². The van der Waals surface area contributed by atoms with Crippen molar-refractivity contribution in [1.29, 1.82) is 0 Å². The van der Waals surface area contributed by atoms with Crippen molar-refractivity contribution < 1.29 is 19.7 Å². The van der Waals surface area contributed by atoms with Gasteiger partial charge in [0.15, 0.2) is 0 Å². The average molecular weight is 387 g/mol. The third-order valence-corrected chi connectivity index (χ3v) is 3.88. The molecule has 0 saturated carbocycles. The molecular weight excluding hydrogens is 362 g/mol. The summed E-state index contributed by atoms with van der Waals surface area (Å²) in [6, 6.07) is 8.16. The molecule has 1 aliphatic heterocycles. The lowest BCUT2D eigenvalue weighted by Gasteiger charge is -2.27. The third-order valence-electron chi connectivity index (χ3n) is 3.88. The Morgan fingerprint density at radius 2 is 1.89 bits per heavy atom. The Hall–Kier alpha value is -2.78. The van der Waals surface area contributed by atoms with Gasteiger partial charge in [-0.2, -0.15) is 15.2 Å². The minimum atomic E-state index is -0.969. The van der Waals surface area contributed by atoms with Gasteiger partial charge in [-0.1, -0.05) is 0 Å². The van der Waals surface area contributed by atoms with Crippen LogP contribution in [-0.4, -0.2) is 58.7 Å². The number of aliphatic hydroxyl groups is 1. The predicted molar refractivity (Wildman–Crippen MR) is 103 cm³/mol. The van der Waals surface area contributed by atoms with Gasteiger partial charge in [0.1, 0.15) is 18.9 Å². The normalized spacial score (nSPS) is 15.2. The van der Waals surface area contributed by atoms with E-state index in [0.717, 1.165) is 0 Å². The summed E-state index contributed by atoms with van der Waals surface area (Å²) < 4.78 is 11.0. The number of rotatable bonds is 7. The maximum Gasteiger partial charge on any atom is 0.229 e. The van der Waals surface area contributed by atoms with Crippen molar-refractivity contribution in [3.63, 3.8) is 0 Å². The summed E-state index contributed by atoms with van der Waals surface area (Å²) in [5, 5.41) is 27.5. The standard InChI is InChI=1S/C19H25N5O4/c1-19(2,26)13-28-17-11-15(12-20-23-14-3-5-16(25)6-4-14)21-18(22-17)24-7-9-27-10-8-24/h3-6,11,25-26H,7-10,12-13H2,1-2H3. The molecule has 2 aromatic rings. The second kappa shape index (κ2) is 8.94. The lowest BCUT2D eigenvalue weighted by atomic mass is 10.2. The number of aromatic nitrogens is 2. The molecule has 0 amide bonds. The number of phenolic OH excluding ortho intramolecular Hbond substituents is 1. The fourth-order valence-corrected chi connectivity index (χ4v) is 2.48. The molecule has 0 spiro atoms. The summed E-state index contributed by atoms with van der Waals surface area (Å²) in [6.45, 7) is 6.34. The van der Waals surface area contributed by atoms with Crippen LogP contribution in [0.5, 0.6) is 11.6 Å². The molecule has 0 bridgehead atoms. The van der Waals surface area contributed by atoms with Crippen LogP contribution in [0.2, 0.25) is 0 Å². The van der Waals surface area contributed by atoms with E-state index in [9.17, 15) is 10.2 Å². The van der Waals surface area contributed by atoms with E-state index in [0.29, 0.717) is 49.5 Å². The highest BCUT2D eigenvalue weighted by Gasteiger charge is 2.18. The summed E-state index contributed by atoms with van der Waals surface area (Å²) >= 11 is 0. The van der Waals surface area contributed by atoms with Crippen molar-refractivity contribution in [3.8, 4) is 11.6 Å². The molecule has 9 nitrogen and oxygen atoms in total. The van der Waals surface area contributed by atoms with E-state index in [4.69, 9.17) is 9.47 Å². The van der Waals surface area contributed by atoms with Crippen LogP contribution in [0, 0.1) is 0 Å². The maximum absolute atomic E-state index is 9.91. The first-order valence-electron chi connectivity index (χ1n) is 9.11. The second-order valence-electron chi connectivity index (χ2n) is 7.11.